The van der Waals surface area contributed by atoms with Crippen molar-refractivity contribution in [3.63, 3.8) is 0 Å². The maximum absolute atomic E-state index is 12.1. The molecule has 0 aromatic heterocycles. The van der Waals surface area contributed by atoms with Crippen LogP contribution in [0.25, 0.3) is 0 Å². The molecule has 19 heavy (non-hydrogen) atoms. The fraction of sp³-hybridized carbons (Fsp3) is 0.462. The van der Waals surface area contributed by atoms with E-state index >= 15 is 0 Å². The Kier molecular flexibility index (Phi) is 4.21. The maximum Gasteiger partial charge on any atom is 0.321 e. The lowest BCUT2D eigenvalue weighted by molar-refractivity contribution is -0.143. The lowest BCUT2D eigenvalue weighted by atomic mass is 10.1. The molecule has 6 heteroatoms. The summed E-state index contributed by atoms with van der Waals surface area (Å²) in [6, 6.07) is 7.60. The molecular weight excluding hydrogens is 266 g/mol. The number of sulfonamides is 1. The summed E-state index contributed by atoms with van der Waals surface area (Å²) in [5.74, 6) is -0.478. The van der Waals surface area contributed by atoms with E-state index in [0.29, 0.717) is 6.42 Å². The Morgan fingerprint density at radius 3 is 2.68 bits per heavy atom. The first-order chi connectivity index (χ1) is 9.03. The highest BCUT2D eigenvalue weighted by Crippen LogP contribution is 2.20. The molecule has 1 aromatic carbocycles. The average molecular weight is 283 g/mol. The van der Waals surface area contributed by atoms with Crippen LogP contribution in [-0.4, -0.2) is 37.6 Å². The number of carbonyl (C=O) groups excluding carboxylic acids is 1. The number of nitrogens with zero attached hydrogens (tertiary/aromatic N) is 1. The summed E-state index contributed by atoms with van der Waals surface area (Å²) in [6.45, 7) is 1.97. The lowest BCUT2D eigenvalue weighted by Gasteiger charge is -2.18. The van der Waals surface area contributed by atoms with Gasteiger partial charge in [0.25, 0.3) is 0 Å². The molecule has 0 N–H and O–H groups in total. The zero-order valence-electron chi connectivity index (χ0n) is 10.8. The van der Waals surface area contributed by atoms with Gasteiger partial charge in [-0.05, 0) is 24.5 Å². The fourth-order valence-electron chi connectivity index (χ4n) is 2.12. The first-order valence-electron chi connectivity index (χ1n) is 6.23. The molecule has 0 amide bonds. The minimum atomic E-state index is -3.41. The van der Waals surface area contributed by atoms with Gasteiger partial charge in [-0.2, -0.15) is 4.31 Å². The van der Waals surface area contributed by atoms with Gasteiger partial charge in [-0.15, -0.1) is 0 Å². The standard InChI is InChI=1S/C13H17NO4S/c1-2-18-13(15)10-14-9-12-6-4-3-5-11(12)7-8-19(14,16)17/h3-6H,2,7-10H2,1H3. The fourth-order valence-corrected chi connectivity index (χ4v) is 3.49. The molecule has 0 radical (unpaired) electrons. The Balaban J connectivity index is 2.23. The van der Waals surface area contributed by atoms with Crippen molar-refractivity contribution >= 4 is 16.0 Å². The van der Waals surface area contributed by atoms with Crippen LogP contribution < -0.4 is 0 Å². The zero-order valence-corrected chi connectivity index (χ0v) is 11.6. The smallest absolute Gasteiger partial charge is 0.321 e. The molecule has 2 rings (SSSR count). The SMILES string of the molecule is CCOC(=O)CN1Cc2ccccc2CCS1(=O)=O. The minimum Gasteiger partial charge on any atom is -0.465 e. The highest BCUT2D eigenvalue weighted by Gasteiger charge is 2.28. The van der Waals surface area contributed by atoms with E-state index in [1.54, 1.807) is 6.92 Å². The van der Waals surface area contributed by atoms with Crippen LogP contribution >= 0.6 is 0 Å². The third kappa shape index (κ3) is 3.33. The van der Waals surface area contributed by atoms with Gasteiger partial charge in [0, 0.05) is 6.54 Å². The third-order valence-corrected chi connectivity index (χ3v) is 4.86. The van der Waals surface area contributed by atoms with Crippen LogP contribution in [0.15, 0.2) is 24.3 Å². The van der Waals surface area contributed by atoms with Crippen molar-refractivity contribution < 1.29 is 17.9 Å². The van der Waals surface area contributed by atoms with Crippen molar-refractivity contribution in [1.82, 2.24) is 4.31 Å². The molecule has 0 spiro atoms. The van der Waals surface area contributed by atoms with Crippen LogP contribution in [0.2, 0.25) is 0 Å². The van der Waals surface area contributed by atoms with E-state index in [1.165, 1.54) is 4.31 Å². The van der Waals surface area contributed by atoms with Crippen molar-refractivity contribution in [1.29, 1.82) is 0 Å². The lowest BCUT2D eigenvalue weighted by Crippen LogP contribution is -2.36. The summed E-state index contributed by atoms with van der Waals surface area (Å²) in [4.78, 5) is 11.5. The number of benzene rings is 1. The topological polar surface area (TPSA) is 63.7 Å². The first-order valence-corrected chi connectivity index (χ1v) is 7.84. The van der Waals surface area contributed by atoms with Crippen molar-refractivity contribution in [2.45, 2.75) is 19.9 Å². The largest absolute Gasteiger partial charge is 0.465 e. The number of carbonyl (C=O) groups is 1. The molecule has 0 saturated heterocycles. The van der Waals surface area contributed by atoms with Crippen LogP contribution in [0.1, 0.15) is 18.1 Å². The normalized spacial score (nSPS) is 18.4. The maximum atomic E-state index is 12.1. The van der Waals surface area contributed by atoms with Crippen LogP contribution in [-0.2, 0) is 32.5 Å². The monoisotopic (exact) mass is 283 g/mol. The van der Waals surface area contributed by atoms with Crippen LogP contribution in [0, 0.1) is 0 Å². The predicted molar refractivity (Wildman–Crippen MR) is 71.0 cm³/mol. The van der Waals surface area contributed by atoms with Gasteiger partial charge >= 0.3 is 5.97 Å². The van der Waals surface area contributed by atoms with E-state index in [1.807, 2.05) is 24.3 Å². The molecule has 0 saturated carbocycles. The number of esters is 1. The summed E-state index contributed by atoms with van der Waals surface area (Å²) in [5, 5.41) is 0. The average Bonchev–Trinajstić information content (AvgIpc) is 2.48. The molecule has 0 atom stereocenters. The highest BCUT2D eigenvalue weighted by molar-refractivity contribution is 7.89. The van der Waals surface area contributed by atoms with Gasteiger partial charge in [0.15, 0.2) is 0 Å². The van der Waals surface area contributed by atoms with Gasteiger partial charge in [0.1, 0.15) is 6.54 Å². The molecule has 1 aromatic rings. The second-order valence-corrected chi connectivity index (χ2v) is 6.50. The van der Waals surface area contributed by atoms with Gasteiger partial charge in [0.05, 0.1) is 12.4 Å². The molecule has 1 aliphatic heterocycles. The van der Waals surface area contributed by atoms with E-state index < -0.39 is 16.0 Å². The Morgan fingerprint density at radius 1 is 1.32 bits per heavy atom. The number of rotatable bonds is 3. The molecule has 1 heterocycles. The van der Waals surface area contributed by atoms with Crippen molar-refractivity contribution in [2.75, 3.05) is 18.9 Å². The van der Waals surface area contributed by atoms with Gasteiger partial charge in [-0.3, -0.25) is 4.79 Å². The Labute approximate surface area is 113 Å². The molecule has 0 fully saturated rings. The van der Waals surface area contributed by atoms with E-state index in [2.05, 4.69) is 0 Å². The molecule has 0 aliphatic carbocycles. The van der Waals surface area contributed by atoms with Crippen molar-refractivity contribution in [3.05, 3.63) is 35.4 Å². The quantitative estimate of drug-likeness (QED) is 0.774. The van der Waals surface area contributed by atoms with Crippen LogP contribution in [0.4, 0.5) is 0 Å². The summed E-state index contributed by atoms with van der Waals surface area (Å²) in [5.41, 5.74) is 1.98. The van der Waals surface area contributed by atoms with Gasteiger partial charge < -0.3 is 4.74 Å². The number of ether oxygens (including phenoxy) is 1. The van der Waals surface area contributed by atoms with Gasteiger partial charge in [-0.25, -0.2) is 8.42 Å². The van der Waals surface area contributed by atoms with Gasteiger partial charge in [0.2, 0.25) is 10.0 Å². The van der Waals surface area contributed by atoms with E-state index in [0.717, 1.165) is 11.1 Å². The summed E-state index contributed by atoms with van der Waals surface area (Å²) in [7, 11) is -3.41. The highest BCUT2D eigenvalue weighted by atomic mass is 32.2. The summed E-state index contributed by atoms with van der Waals surface area (Å²) < 4.78 is 30.3. The van der Waals surface area contributed by atoms with Crippen LogP contribution in [0.3, 0.4) is 0 Å². The Morgan fingerprint density at radius 2 is 2.00 bits per heavy atom. The van der Waals surface area contributed by atoms with E-state index in [-0.39, 0.29) is 25.4 Å². The van der Waals surface area contributed by atoms with Crippen LogP contribution in [0.5, 0.6) is 0 Å². The Hall–Kier alpha value is -1.40. The molecule has 0 bridgehead atoms. The second-order valence-electron chi connectivity index (χ2n) is 4.41. The summed E-state index contributed by atoms with van der Waals surface area (Å²) >= 11 is 0. The molecule has 5 nitrogen and oxygen atoms in total. The first kappa shape index (κ1) is 14.0. The van der Waals surface area contributed by atoms with Gasteiger partial charge in [-0.1, -0.05) is 24.3 Å². The molecule has 104 valence electrons. The zero-order chi connectivity index (χ0) is 13.9. The second kappa shape index (κ2) is 5.71. The molecular formula is C13H17NO4S. The van der Waals surface area contributed by atoms with Crippen molar-refractivity contribution in [2.24, 2.45) is 0 Å². The third-order valence-electron chi connectivity index (χ3n) is 3.10. The number of hydrogen-bond acceptors (Lipinski definition) is 4. The Bertz CT molecular complexity index is 568. The number of fused-ring (bicyclic) bond motifs is 1. The van der Waals surface area contributed by atoms with E-state index in [4.69, 9.17) is 4.74 Å². The minimum absolute atomic E-state index is 0.0312. The van der Waals surface area contributed by atoms with Crippen molar-refractivity contribution in [3.8, 4) is 0 Å². The molecule has 1 aliphatic rings. The predicted octanol–water partition coefficient (Wildman–Crippen LogP) is 0.938. The number of aryl methyl sites for hydroxylation is 1. The summed E-state index contributed by atoms with van der Waals surface area (Å²) in [6.07, 6.45) is 0.484. The van der Waals surface area contributed by atoms with E-state index in [9.17, 15) is 13.2 Å². The molecule has 0 unspecified atom stereocenters. The number of hydrogen-bond donors (Lipinski definition) is 0.